The Labute approximate surface area is 129 Å². The van der Waals surface area contributed by atoms with Crippen molar-refractivity contribution in [3.63, 3.8) is 0 Å². The molecule has 0 aromatic carbocycles. The summed E-state index contributed by atoms with van der Waals surface area (Å²) in [6.07, 6.45) is 6.63. The number of carbonyl (C=O) groups excluding carboxylic acids is 1. The Morgan fingerprint density at radius 1 is 1.33 bits per heavy atom. The number of anilines is 1. The van der Waals surface area contributed by atoms with Gasteiger partial charge in [-0.05, 0) is 61.8 Å². The first-order valence-electron chi connectivity index (χ1n) is 8.01. The van der Waals surface area contributed by atoms with E-state index in [1.807, 2.05) is 0 Å². The fourth-order valence-corrected chi connectivity index (χ4v) is 5.46. The van der Waals surface area contributed by atoms with Crippen molar-refractivity contribution in [3.05, 3.63) is 16.0 Å². The molecule has 110 valence electrons. The normalized spacial score (nSPS) is 33.0. The summed E-state index contributed by atoms with van der Waals surface area (Å²) in [7, 11) is 0. The lowest BCUT2D eigenvalue weighted by atomic mass is 9.88. The number of amides is 1. The minimum Gasteiger partial charge on any atom is -0.316 e. The third-order valence-corrected chi connectivity index (χ3v) is 6.64. The molecule has 0 radical (unpaired) electrons. The lowest BCUT2D eigenvalue weighted by Crippen LogP contribution is -2.21. The molecule has 2 fully saturated rings. The maximum absolute atomic E-state index is 12.4. The van der Waals surface area contributed by atoms with Crippen molar-refractivity contribution in [3.8, 4) is 6.07 Å². The molecule has 1 N–H and O–H groups in total. The minimum atomic E-state index is 0.144. The Hall–Kier alpha value is -1.34. The molecule has 0 bridgehead atoms. The lowest BCUT2D eigenvalue weighted by molar-refractivity contribution is -0.119. The molecule has 3 unspecified atom stereocenters. The van der Waals surface area contributed by atoms with Crippen LogP contribution >= 0.6 is 11.3 Å². The predicted octanol–water partition coefficient (Wildman–Crippen LogP) is 3.73. The average molecular weight is 300 g/mol. The third-order valence-electron chi connectivity index (χ3n) is 5.47. The minimum absolute atomic E-state index is 0.144. The smallest absolute Gasteiger partial charge is 0.228 e. The molecule has 1 aromatic heterocycles. The number of hydrogen-bond donors (Lipinski definition) is 1. The molecule has 3 atom stereocenters. The van der Waals surface area contributed by atoms with E-state index in [0.29, 0.717) is 5.92 Å². The maximum Gasteiger partial charge on any atom is 0.228 e. The van der Waals surface area contributed by atoms with Crippen LogP contribution in [0.2, 0.25) is 0 Å². The van der Waals surface area contributed by atoms with E-state index < -0.39 is 0 Å². The van der Waals surface area contributed by atoms with Gasteiger partial charge in [-0.3, -0.25) is 4.79 Å². The number of thiophene rings is 1. The van der Waals surface area contributed by atoms with Gasteiger partial charge in [-0.25, -0.2) is 0 Å². The second-order valence-corrected chi connectivity index (χ2v) is 8.19. The van der Waals surface area contributed by atoms with Crippen LogP contribution in [0.4, 0.5) is 5.00 Å². The van der Waals surface area contributed by atoms with Crippen LogP contribution in [0.5, 0.6) is 0 Å². The standard InChI is InChI=1S/C17H20N2OS/c1-9-2-3-13-14(8-18)17(21-15(13)4-9)19-16(20)12-6-10-5-11(10)7-12/h9-12H,2-7H2,1H3,(H,19,20). The topological polar surface area (TPSA) is 52.9 Å². The summed E-state index contributed by atoms with van der Waals surface area (Å²) < 4.78 is 0. The Kier molecular flexibility index (Phi) is 3.08. The summed E-state index contributed by atoms with van der Waals surface area (Å²) in [5.74, 6) is 2.64. The van der Waals surface area contributed by atoms with Gasteiger partial charge in [0.2, 0.25) is 5.91 Å². The average Bonchev–Trinajstić information content (AvgIpc) is 2.93. The lowest BCUT2D eigenvalue weighted by Gasteiger charge is -2.17. The van der Waals surface area contributed by atoms with E-state index in [1.54, 1.807) is 11.3 Å². The van der Waals surface area contributed by atoms with E-state index in [0.717, 1.165) is 54.5 Å². The Morgan fingerprint density at radius 3 is 2.81 bits per heavy atom. The van der Waals surface area contributed by atoms with Gasteiger partial charge in [-0.15, -0.1) is 11.3 Å². The third kappa shape index (κ3) is 2.28. The van der Waals surface area contributed by atoms with E-state index in [2.05, 4.69) is 18.3 Å². The first kappa shape index (κ1) is 13.3. The zero-order chi connectivity index (χ0) is 14.6. The maximum atomic E-state index is 12.4. The zero-order valence-electron chi connectivity index (χ0n) is 12.3. The number of fused-ring (bicyclic) bond motifs is 2. The number of hydrogen-bond acceptors (Lipinski definition) is 3. The summed E-state index contributed by atoms with van der Waals surface area (Å²) in [6.45, 7) is 2.26. The molecule has 3 nitrogen and oxygen atoms in total. The highest BCUT2D eigenvalue weighted by Crippen LogP contribution is 2.54. The molecular weight excluding hydrogens is 280 g/mol. The van der Waals surface area contributed by atoms with Gasteiger partial charge in [0.25, 0.3) is 0 Å². The van der Waals surface area contributed by atoms with Gasteiger partial charge in [0.05, 0.1) is 5.56 Å². The van der Waals surface area contributed by atoms with Gasteiger partial charge in [0, 0.05) is 10.8 Å². The largest absolute Gasteiger partial charge is 0.316 e. The van der Waals surface area contributed by atoms with Crippen LogP contribution in [0.3, 0.4) is 0 Å². The highest BCUT2D eigenvalue weighted by molar-refractivity contribution is 7.16. The van der Waals surface area contributed by atoms with Crippen molar-refractivity contribution >= 4 is 22.2 Å². The Morgan fingerprint density at radius 2 is 2.10 bits per heavy atom. The Bertz CT molecular complexity index is 632. The molecule has 21 heavy (non-hydrogen) atoms. The van der Waals surface area contributed by atoms with Gasteiger partial charge in [-0.2, -0.15) is 5.26 Å². The summed E-state index contributed by atoms with van der Waals surface area (Å²) in [6, 6.07) is 2.33. The van der Waals surface area contributed by atoms with Crippen LogP contribution in [-0.2, 0) is 17.6 Å². The molecule has 2 saturated carbocycles. The van der Waals surface area contributed by atoms with Crippen LogP contribution in [0, 0.1) is 35.0 Å². The number of nitrogens with zero attached hydrogens (tertiary/aromatic N) is 1. The molecule has 4 rings (SSSR count). The summed E-state index contributed by atoms with van der Waals surface area (Å²) >= 11 is 1.63. The van der Waals surface area contributed by atoms with Gasteiger partial charge in [-0.1, -0.05) is 6.92 Å². The number of nitriles is 1. The molecular formula is C17H20N2OS. The van der Waals surface area contributed by atoms with E-state index >= 15 is 0 Å². The van der Waals surface area contributed by atoms with Crippen LogP contribution in [0.25, 0.3) is 0 Å². The van der Waals surface area contributed by atoms with E-state index in [1.165, 1.54) is 16.9 Å². The molecule has 0 aliphatic heterocycles. The second kappa shape index (κ2) is 4.84. The quantitative estimate of drug-likeness (QED) is 0.904. The van der Waals surface area contributed by atoms with Crippen LogP contribution in [-0.4, -0.2) is 5.91 Å². The summed E-state index contributed by atoms with van der Waals surface area (Å²) in [5, 5.41) is 13.3. The first-order chi connectivity index (χ1) is 10.2. The summed E-state index contributed by atoms with van der Waals surface area (Å²) in [4.78, 5) is 13.7. The monoisotopic (exact) mass is 300 g/mol. The fourth-order valence-electron chi connectivity index (χ4n) is 4.10. The molecule has 1 amide bonds. The molecule has 1 aromatic rings. The van der Waals surface area contributed by atoms with Gasteiger partial charge in [0.1, 0.15) is 11.1 Å². The van der Waals surface area contributed by atoms with Crippen molar-refractivity contribution < 1.29 is 4.79 Å². The number of rotatable bonds is 2. The molecule has 0 saturated heterocycles. The molecule has 0 spiro atoms. The van der Waals surface area contributed by atoms with Crippen molar-refractivity contribution in [2.24, 2.45) is 23.7 Å². The van der Waals surface area contributed by atoms with Crippen LogP contribution in [0.1, 0.15) is 48.6 Å². The van der Waals surface area contributed by atoms with Crippen LogP contribution in [0.15, 0.2) is 0 Å². The second-order valence-electron chi connectivity index (χ2n) is 7.08. The highest BCUT2D eigenvalue weighted by Gasteiger charge is 2.48. The van der Waals surface area contributed by atoms with Gasteiger partial charge >= 0.3 is 0 Å². The summed E-state index contributed by atoms with van der Waals surface area (Å²) in [5.41, 5.74) is 1.93. The fraction of sp³-hybridized carbons (Fsp3) is 0.647. The molecule has 4 heteroatoms. The highest BCUT2D eigenvalue weighted by atomic mass is 32.1. The molecule has 1 heterocycles. The van der Waals surface area contributed by atoms with Gasteiger partial charge < -0.3 is 5.32 Å². The number of nitrogens with one attached hydrogen (secondary N) is 1. The first-order valence-corrected chi connectivity index (χ1v) is 8.82. The zero-order valence-corrected chi connectivity index (χ0v) is 13.1. The predicted molar refractivity (Wildman–Crippen MR) is 83.2 cm³/mol. The Balaban J connectivity index is 1.54. The van der Waals surface area contributed by atoms with E-state index in [-0.39, 0.29) is 11.8 Å². The van der Waals surface area contributed by atoms with Crippen LogP contribution < -0.4 is 5.32 Å². The van der Waals surface area contributed by atoms with E-state index in [4.69, 9.17) is 0 Å². The van der Waals surface area contributed by atoms with Crippen molar-refractivity contribution in [2.75, 3.05) is 5.32 Å². The molecule has 3 aliphatic rings. The number of carbonyl (C=O) groups is 1. The van der Waals surface area contributed by atoms with Crippen molar-refractivity contribution in [1.29, 1.82) is 5.26 Å². The van der Waals surface area contributed by atoms with Crippen molar-refractivity contribution in [2.45, 2.75) is 45.4 Å². The van der Waals surface area contributed by atoms with E-state index in [9.17, 15) is 10.1 Å². The molecule has 3 aliphatic carbocycles. The van der Waals surface area contributed by atoms with Crippen molar-refractivity contribution in [1.82, 2.24) is 0 Å². The van der Waals surface area contributed by atoms with Gasteiger partial charge in [0.15, 0.2) is 0 Å². The SMILES string of the molecule is CC1CCc2c(sc(NC(=O)C3CC4CC4C3)c2C#N)C1.